The van der Waals surface area contributed by atoms with E-state index in [1.807, 2.05) is 44.2 Å². The number of rotatable bonds is 5. The first-order valence-electron chi connectivity index (χ1n) is 7.87. The standard InChI is InChI=1S/C18H19N3O2S/c1-3-14-8-15-17(24-14)20-11-21(18(15)23)10-16(22)19-9-13-6-4-12(2)5-7-13/h4-8,11H,3,9-10H2,1-2H3,(H,19,22). The molecule has 0 atom stereocenters. The van der Waals surface area contributed by atoms with Gasteiger partial charge in [0.1, 0.15) is 11.4 Å². The number of aryl methyl sites for hydroxylation is 2. The van der Waals surface area contributed by atoms with Gasteiger partial charge in [-0.1, -0.05) is 36.8 Å². The molecule has 0 saturated carbocycles. The molecule has 3 aromatic rings. The fraction of sp³-hybridized carbons (Fsp3) is 0.278. The first-order valence-corrected chi connectivity index (χ1v) is 8.68. The second-order valence-electron chi connectivity index (χ2n) is 5.73. The van der Waals surface area contributed by atoms with E-state index in [1.165, 1.54) is 27.8 Å². The number of thiophene rings is 1. The zero-order chi connectivity index (χ0) is 17.1. The topological polar surface area (TPSA) is 64.0 Å². The first kappa shape index (κ1) is 16.4. The van der Waals surface area contributed by atoms with Gasteiger partial charge in [-0.15, -0.1) is 11.3 Å². The molecule has 0 unspecified atom stereocenters. The van der Waals surface area contributed by atoms with Crippen molar-refractivity contribution in [2.75, 3.05) is 0 Å². The quantitative estimate of drug-likeness (QED) is 0.776. The van der Waals surface area contributed by atoms with Crippen molar-refractivity contribution in [3.63, 3.8) is 0 Å². The molecular weight excluding hydrogens is 322 g/mol. The molecule has 0 aliphatic carbocycles. The van der Waals surface area contributed by atoms with Crippen LogP contribution in [0.1, 0.15) is 22.9 Å². The van der Waals surface area contributed by atoms with Gasteiger partial charge in [0.15, 0.2) is 0 Å². The van der Waals surface area contributed by atoms with Gasteiger partial charge in [0.2, 0.25) is 5.91 Å². The summed E-state index contributed by atoms with van der Waals surface area (Å²) < 4.78 is 1.36. The lowest BCUT2D eigenvalue weighted by atomic mass is 10.1. The SMILES string of the molecule is CCc1cc2c(=O)n(CC(=O)NCc3ccc(C)cc3)cnc2s1. The lowest BCUT2D eigenvalue weighted by Crippen LogP contribution is -2.32. The van der Waals surface area contributed by atoms with Crippen molar-refractivity contribution >= 4 is 27.5 Å². The van der Waals surface area contributed by atoms with Gasteiger partial charge < -0.3 is 5.32 Å². The third-order valence-electron chi connectivity index (χ3n) is 3.84. The van der Waals surface area contributed by atoms with Crippen LogP contribution >= 0.6 is 11.3 Å². The third-order valence-corrected chi connectivity index (χ3v) is 5.03. The molecule has 0 fully saturated rings. The molecule has 0 saturated heterocycles. The van der Waals surface area contributed by atoms with Crippen LogP contribution in [0.15, 0.2) is 41.5 Å². The zero-order valence-corrected chi connectivity index (χ0v) is 14.5. The van der Waals surface area contributed by atoms with Crippen molar-refractivity contribution < 1.29 is 4.79 Å². The molecule has 1 N–H and O–H groups in total. The van der Waals surface area contributed by atoms with E-state index < -0.39 is 0 Å². The zero-order valence-electron chi connectivity index (χ0n) is 13.7. The second kappa shape index (κ2) is 6.97. The highest BCUT2D eigenvalue weighted by molar-refractivity contribution is 7.18. The molecule has 1 amide bonds. The van der Waals surface area contributed by atoms with E-state index in [-0.39, 0.29) is 18.0 Å². The number of nitrogens with one attached hydrogen (secondary N) is 1. The van der Waals surface area contributed by atoms with Gasteiger partial charge in [-0.2, -0.15) is 0 Å². The molecule has 24 heavy (non-hydrogen) atoms. The molecular formula is C18H19N3O2S. The number of benzene rings is 1. The van der Waals surface area contributed by atoms with Crippen LogP contribution in [0.2, 0.25) is 0 Å². The Kier molecular flexibility index (Phi) is 4.76. The average Bonchev–Trinajstić information content (AvgIpc) is 3.01. The molecule has 2 heterocycles. The largest absolute Gasteiger partial charge is 0.350 e. The Morgan fingerprint density at radius 1 is 1.29 bits per heavy atom. The lowest BCUT2D eigenvalue weighted by Gasteiger charge is -2.07. The summed E-state index contributed by atoms with van der Waals surface area (Å²) in [5.74, 6) is -0.204. The number of carbonyl (C=O) groups excluding carboxylic acids is 1. The molecule has 124 valence electrons. The van der Waals surface area contributed by atoms with Crippen molar-refractivity contribution in [2.24, 2.45) is 0 Å². The Balaban J connectivity index is 1.69. The highest BCUT2D eigenvalue weighted by Gasteiger charge is 2.10. The number of hydrogen-bond donors (Lipinski definition) is 1. The molecule has 0 bridgehead atoms. The maximum atomic E-state index is 12.5. The summed E-state index contributed by atoms with van der Waals surface area (Å²) in [5, 5.41) is 3.42. The number of amides is 1. The van der Waals surface area contributed by atoms with Crippen molar-refractivity contribution in [3.05, 3.63) is 63.0 Å². The van der Waals surface area contributed by atoms with Gasteiger partial charge in [0.05, 0.1) is 11.7 Å². The Labute approximate surface area is 144 Å². The molecule has 0 radical (unpaired) electrons. The maximum Gasteiger partial charge on any atom is 0.262 e. The van der Waals surface area contributed by atoms with Crippen LogP contribution in [-0.4, -0.2) is 15.5 Å². The van der Waals surface area contributed by atoms with Crippen LogP contribution in [0.5, 0.6) is 0 Å². The molecule has 1 aromatic carbocycles. The van der Waals surface area contributed by atoms with Crippen LogP contribution in [0.3, 0.4) is 0 Å². The predicted octanol–water partition coefficient (Wildman–Crippen LogP) is 2.65. The number of nitrogens with zero attached hydrogens (tertiary/aromatic N) is 2. The van der Waals surface area contributed by atoms with Gasteiger partial charge in [0.25, 0.3) is 5.56 Å². The van der Waals surface area contributed by atoms with Gasteiger partial charge in [0, 0.05) is 11.4 Å². The Morgan fingerprint density at radius 2 is 2.04 bits per heavy atom. The van der Waals surface area contributed by atoms with Gasteiger partial charge in [-0.05, 0) is 25.0 Å². The fourth-order valence-corrected chi connectivity index (χ4v) is 3.34. The minimum absolute atomic E-state index is 0.0229. The van der Waals surface area contributed by atoms with Gasteiger partial charge >= 0.3 is 0 Å². The number of hydrogen-bond acceptors (Lipinski definition) is 4. The normalized spacial score (nSPS) is 10.9. The number of fused-ring (bicyclic) bond motifs is 1. The number of carbonyl (C=O) groups is 1. The molecule has 6 heteroatoms. The highest BCUT2D eigenvalue weighted by atomic mass is 32.1. The summed E-state index contributed by atoms with van der Waals surface area (Å²) >= 11 is 1.52. The van der Waals surface area contributed by atoms with Crippen molar-refractivity contribution in [1.29, 1.82) is 0 Å². The smallest absolute Gasteiger partial charge is 0.262 e. The molecule has 0 aliphatic rings. The molecule has 3 rings (SSSR count). The summed E-state index contributed by atoms with van der Waals surface area (Å²) in [6.07, 6.45) is 2.32. The first-order chi connectivity index (χ1) is 11.6. The predicted molar refractivity (Wildman–Crippen MR) is 96.3 cm³/mol. The fourth-order valence-electron chi connectivity index (χ4n) is 2.41. The summed E-state index contributed by atoms with van der Waals surface area (Å²) in [7, 11) is 0. The minimum Gasteiger partial charge on any atom is -0.350 e. The minimum atomic E-state index is -0.204. The van der Waals surface area contributed by atoms with E-state index in [0.717, 1.165) is 21.7 Å². The maximum absolute atomic E-state index is 12.5. The van der Waals surface area contributed by atoms with E-state index in [2.05, 4.69) is 10.3 Å². The Bertz CT molecular complexity index is 926. The van der Waals surface area contributed by atoms with E-state index in [0.29, 0.717) is 11.9 Å². The van der Waals surface area contributed by atoms with Crippen LogP contribution < -0.4 is 10.9 Å². The summed E-state index contributed by atoms with van der Waals surface area (Å²) in [4.78, 5) is 30.7. The van der Waals surface area contributed by atoms with E-state index >= 15 is 0 Å². The van der Waals surface area contributed by atoms with Crippen LogP contribution in [0, 0.1) is 6.92 Å². The average molecular weight is 341 g/mol. The van der Waals surface area contributed by atoms with Crippen molar-refractivity contribution in [1.82, 2.24) is 14.9 Å². The van der Waals surface area contributed by atoms with E-state index in [4.69, 9.17) is 0 Å². The van der Waals surface area contributed by atoms with Crippen LogP contribution in [0.25, 0.3) is 10.2 Å². The lowest BCUT2D eigenvalue weighted by molar-refractivity contribution is -0.121. The Morgan fingerprint density at radius 3 is 2.75 bits per heavy atom. The Hall–Kier alpha value is -2.47. The van der Waals surface area contributed by atoms with Crippen LogP contribution in [0.4, 0.5) is 0 Å². The van der Waals surface area contributed by atoms with Gasteiger partial charge in [-0.25, -0.2) is 4.98 Å². The molecule has 2 aromatic heterocycles. The molecule has 0 spiro atoms. The van der Waals surface area contributed by atoms with E-state index in [9.17, 15) is 9.59 Å². The summed E-state index contributed by atoms with van der Waals surface area (Å²) in [6, 6.07) is 9.84. The highest BCUT2D eigenvalue weighted by Crippen LogP contribution is 2.20. The monoisotopic (exact) mass is 341 g/mol. The molecule has 5 nitrogen and oxygen atoms in total. The van der Waals surface area contributed by atoms with Gasteiger partial charge in [-0.3, -0.25) is 14.2 Å². The van der Waals surface area contributed by atoms with Crippen molar-refractivity contribution in [3.8, 4) is 0 Å². The molecule has 0 aliphatic heterocycles. The summed E-state index contributed by atoms with van der Waals surface area (Å²) in [5.41, 5.74) is 2.04. The van der Waals surface area contributed by atoms with Crippen LogP contribution in [-0.2, 0) is 24.3 Å². The van der Waals surface area contributed by atoms with Crippen molar-refractivity contribution in [2.45, 2.75) is 33.4 Å². The summed E-state index contributed by atoms with van der Waals surface area (Å²) in [6.45, 7) is 4.49. The number of aromatic nitrogens is 2. The second-order valence-corrected chi connectivity index (χ2v) is 6.84. The third kappa shape index (κ3) is 3.54. The van der Waals surface area contributed by atoms with E-state index in [1.54, 1.807) is 0 Å².